The van der Waals surface area contributed by atoms with Crippen LogP contribution in [0.1, 0.15) is 58.6 Å². The van der Waals surface area contributed by atoms with E-state index in [0.717, 1.165) is 61.3 Å². The summed E-state index contributed by atoms with van der Waals surface area (Å²) in [5.41, 5.74) is 5.05. The Bertz CT molecular complexity index is 901. The summed E-state index contributed by atoms with van der Waals surface area (Å²) in [5, 5.41) is 9.47. The molecule has 5 nitrogen and oxygen atoms in total. The highest BCUT2D eigenvalue weighted by Crippen LogP contribution is 2.31. The van der Waals surface area contributed by atoms with E-state index in [0.29, 0.717) is 13.0 Å². The lowest BCUT2D eigenvalue weighted by Gasteiger charge is -2.32. The minimum Gasteiger partial charge on any atom is -0.396 e. The van der Waals surface area contributed by atoms with Crippen LogP contribution in [0, 0.1) is 12.8 Å². The molecule has 2 aromatic rings. The maximum atomic E-state index is 13.1. The molecule has 0 bridgehead atoms. The predicted octanol–water partition coefficient (Wildman–Crippen LogP) is 3.14. The Balaban J connectivity index is 1.64. The molecule has 0 unspecified atom stereocenters. The van der Waals surface area contributed by atoms with Gasteiger partial charge in [0.2, 0.25) is 5.91 Å². The number of rotatable bonds is 5. The van der Waals surface area contributed by atoms with Gasteiger partial charge in [-0.3, -0.25) is 9.59 Å². The molecular formula is C24H30N2O3. The van der Waals surface area contributed by atoms with Crippen LogP contribution in [0.15, 0.2) is 30.3 Å². The summed E-state index contributed by atoms with van der Waals surface area (Å²) in [5.74, 6) is 0.423. The SMILES string of the molecule is Cc1c(CC(=O)N2CCC[C@@H](CO)C2)c2c(n1Cc1ccccc1)CCCC2=O. The average Bonchev–Trinajstić information content (AvgIpc) is 3.01. The van der Waals surface area contributed by atoms with Crippen molar-refractivity contribution in [3.05, 3.63) is 58.4 Å². The number of aliphatic hydroxyl groups excluding tert-OH is 1. The number of piperidine rings is 1. The summed E-state index contributed by atoms with van der Waals surface area (Å²) in [6.07, 6.45) is 4.52. The highest BCUT2D eigenvalue weighted by atomic mass is 16.3. The van der Waals surface area contributed by atoms with E-state index in [1.807, 2.05) is 30.0 Å². The second-order valence-corrected chi connectivity index (χ2v) is 8.44. The zero-order chi connectivity index (χ0) is 20.4. The average molecular weight is 395 g/mol. The van der Waals surface area contributed by atoms with Gasteiger partial charge in [0.15, 0.2) is 5.78 Å². The molecule has 1 saturated heterocycles. The number of fused-ring (bicyclic) bond motifs is 1. The molecule has 0 radical (unpaired) electrons. The minimum absolute atomic E-state index is 0.0734. The quantitative estimate of drug-likeness (QED) is 0.847. The third-order valence-corrected chi connectivity index (χ3v) is 6.50. The van der Waals surface area contributed by atoms with Crippen molar-refractivity contribution in [3.63, 3.8) is 0 Å². The number of hydrogen-bond acceptors (Lipinski definition) is 3. The van der Waals surface area contributed by atoms with Gasteiger partial charge in [-0.15, -0.1) is 0 Å². The first-order valence-electron chi connectivity index (χ1n) is 10.7. The van der Waals surface area contributed by atoms with Crippen LogP contribution in [-0.2, 0) is 24.2 Å². The molecule has 5 heteroatoms. The van der Waals surface area contributed by atoms with Crippen molar-refractivity contribution in [2.75, 3.05) is 19.7 Å². The van der Waals surface area contributed by atoms with Crippen LogP contribution in [0.3, 0.4) is 0 Å². The van der Waals surface area contributed by atoms with E-state index in [9.17, 15) is 14.7 Å². The van der Waals surface area contributed by atoms with Crippen molar-refractivity contribution in [1.29, 1.82) is 0 Å². The monoisotopic (exact) mass is 394 g/mol. The number of benzene rings is 1. The van der Waals surface area contributed by atoms with E-state index < -0.39 is 0 Å². The van der Waals surface area contributed by atoms with Gasteiger partial charge in [-0.2, -0.15) is 0 Å². The molecule has 2 aliphatic rings. The third kappa shape index (κ3) is 4.01. The first-order valence-corrected chi connectivity index (χ1v) is 10.7. The van der Waals surface area contributed by atoms with E-state index in [1.165, 1.54) is 5.56 Å². The molecule has 1 aliphatic carbocycles. The lowest BCUT2D eigenvalue weighted by molar-refractivity contribution is -0.132. The van der Waals surface area contributed by atoms with Gasteiger partial charge in [0, 0.05) is 49.6 Å². The fourth-order valence-corrected chi connectivity index (χ4v) is 4.89. The van der Waals surface area contributed by atoms with Crippen molar-refractivity contribution in [3.8, 4) is 0 Å². The number of hydrogen-bond donors (Lipinski definition) is 1. The summed E-state index contributed by atoms with van der Waals surface area (Å²) in [6.45, 7) is 4.27. The van der Waals surface area contributed by atoms with Gasteiger partial charge in [0.05, 0.1) is 6.42 Å². The van der Waals surface area contributed by atoms with Gasteiger partial charge in [0.25, 0.3) is 0 Å². The van der Waals surface area contributed by atoms with Crippen molar-refractivity contribution in [2.24, 2.45) is 5.92 Å². The van der Waals surface area contributed by atoms with Gasteiger partial charge in [-0.1, -0.05) is 30.3 Å². The van der Waals surface area contributed by atoms with E-state index in [2.05, 4.69) is 16.7 Å². The molecule has 1 atom stereocenters. The summed E-state index contributed by atoms with van der Waals surface area (Å²) in [4.78, 5) is 27.7. The molecule has 29 heavy (non-hydrogen) atoms. The molecule has 1 amide bonds. The van der Waals surface area contributed by atoms with Gasteiger partial charge in [-0.05, 0) is 49.7 Å². The highest BCUT2D eigenvalue weighted by Gasteiger charge is 2.31. The third-order valence-electron chi connectivity index (χ3n) is 6.50. The maximum Gasteiger partial charge on any atom is 0.227 e. The summed E-state index contributed by atoms with van der Waals surface area (Å²) < 4.78 is 2.25. The van der Waals surface area contributed by atoms with Gasteiger partial charge in [0.1, 0.15) is 0 Å². The molecule has 1 fully saturated rings. The Morgan fingerprint density at radius 2 is 1.97 bits per heavy atom. The molecule has 1 N–H and O–H groups in total. The smallest absolute Gasteiger partial charge is 0.227 e. The molecule has 154 valence electrons. The van der Waals surface area contributed by atoms with Crippen molar-refractivity contribution < 1.29 is 14.7 Å². The normalized spacial score (nSPS) is 19.3. The number of ketones is 1. The minimum atomic E-state index is 0.0734. The first kappa shape index (κ1) is 19.9. The summed E-state index contributed by atoms with van der Waals surface area (Å²) in [6, 6.07) is 10.3. The Kier molecular flexibility index (Phi) is 5.86. The molecule has 0 spiro atoms. The lowest BCUT2D eigenvalue weighted by Crippen LogP contribution is -2.41. The number of aliphatic hydroxyl groups is 1. The number of Topliss-reactive ketones (excluding diaryl/α,β-unsaturated/α-hetero) is 1. The molecule has 4 rings (SSSR count). The van der Waals surface area contributed by atoms with E-state index in [4.69, 9.17) is 0 Å². The van der Waals surface area contributed by atoms with Gasteiger partial charge >= 0.3 is 0 Å². The number of likely N-dealkylation sites (tertiary alicyclic amines) is 1. The highest BCUT2D eigenvalue weighted by molar-refractivity contribution is 6.01. The van der Waals surface area contributed by atoms with E-state index in [-0.39, 0.29) is 30.6 Å². The Morgan fingerprint density at radius 3 is 2.72 bits per heavy atom. The van der Waals surface area contributed by atoms with E-state index in [1.54, 1.807) is 0 Å². The fraction of sp³-hybridized carbons (Fsp3) is 0.500. The fourth-order valence-electron chi connectivity index (χ4n) is 4.89. The molecule has 2 heterocycles. The summed E-state index contributed by atoms with van der Waals surface area (Å²) in [7, 11) is 0. The van der Waals surface area contributed by atoms with Gasteiger partial charge < -0.3 is 14.6 Å². The van der Waals surface area contributed by atoms with Crippen molar-refractivity contribution in [1.82, 2.24) is 9.47 Å². The van der Waals surface area contributed by atoms with Crippen LogP contribution in [0.4, 0.5) is 0 Å². The molecule has 1 aromatic carbocycles. The number of amides is 1. The Hall–Kier alpha value is -2.40. The Morgan fingerprint density at radius 1 is 1.17 bits per heavy atom. The zero-order valence-electron chi connectivity index (χ0n) is 17.2. The summed E-state index contributed by atoms with van der Waals surface area (Å²) >= 11 is 0. The van der Waals surface area contributed by atoms with Crippen molar-refractivity contribution in [2.45, 2.75) is 52.0 Å². The number of carbonyl (C=O) groups is 2. The van der Waals surface area contributed by atoms with Crippen LogP contribution in [0.2, 0.25) is 0 Å². The van der Waals surface area contributed by atoms with Crippen molar-refractivity contribution >= 4 is 11.7 Å². The number of aromatic nitrogens is 1. The largest absolute Gasteiger partial charge is 0.396 e. The zero-order valence-corrected chi connectivity index (χ0v) is 17.2. The molecular weight excluding hydrogens is 364 g/mol. The van der Waals surface area contributed by atoms with E-state index >= 15 is 0 Å². The first-order chi connectivity index (χ1) is 14.1. The lowest BCUT2D eigenvalue weighted by atomic mass is 9.91. The molecule has 0 saturated carbocycles. The molecule has 1 aromatic heterocycles. The topological polar surface area (TPSA) is 62.5 Å². The predicted molar refractivity (Wildman–Crippen MR) is 112 cm³/mol. The second-order valence-electron chi connectivity index (χ2n) is 8.44. The second kappa shape index (κ2) is 8.54. The Labute approximate surface area is 172 Å². The standard InChI is InChI=1S/C24H30N2O3/c1-17-20(13-23(29)25-12-6-9-19(14-25)16-27)24-21(10-5-11-22(24)28)26(17)15-18-7-3-2-4-8-18/h2-4,7-8,19,27H,5-6,9-16H2,1H3/t19-/m1/s1. The van der Waals surface area contributed by atoms with Crippen LogP contribution in [0.5, 0.6) is 0 Å². The van der Waals surface area contributed by atoms with Gasteiger partial charge in [-0.25, -0.2) is 0 Å². The number of nitrogens with zero attached hydrogens (tertiary/aromatic N) is 2. The van der Waals surface area contributed by atoms with Crippen LogP contribution in [-0.4, -0.2) is 46.0 Å². The van der Waals surface area contributed by atoms with Crippen LogP contribution < -0.4 is 0 Å². The van der Waals surface area contributed by atoms with Crippen LogP contribution in [0.25, 0.3) is 0 Å². The van der Waals surface area contributed by atoms with Crippen LogP contribution >= 0.6 is 0 Å². The maximum absolute atomic E-state index is 13.1. The molecule has 1 aliphatic heterocycles. The number of carbonyl (C=O) groups excluding carboxylic acids is 2.